The predicted molar refractivity (Wildman–Crippen MR) is 123 cm³/mol. The van der Waals surface area contributed by atoms with Gasteiger partial charge in [-0.25, -0.2) is 22.9 Å². The quantitative estimate of drug-likeness (QED) is 0.532. The number of thiazole rings is 1. The van der Waals surface area contributed by atoms with E-state index in [0.29, 0.717) is 17.5 Å². The van der Waals surface area contributed by atoms with E-state index in [1.54, 1.807) is 31.3 Å². The van der Waals surface area contributed by atoms with E-state index in [0.717, 1.165) is 21.1 Å². The van der Waals surface area contributed by atoms with E-state index in [1.165, 1.54) is 18.7 Å². The number of aryl methyl sites for hydroxylation is 3. The largest absolute Gasteiger partial charge is 0.465 e. The van der Waals surface area contributed by atoms with Crippen LogP contribution in [-0.4, -0.2) is 33.0 Å². The lowest BCUT2D eigenvalue weighted by atomic mass is 10.0. The Kier molecular flexibility index (Phi) is 6.93. The monoisotopic (exact) mass is 458 g/mol. The topological polar surface area (TPSA) is 85.4 Å². The fourth-order valence-corrected chi connectivity index (χ4v) is 5.28. The van der Waals surface area contributed by atoms with Gasteiger partial charge < -0.3 is 4.74 Å². The number of carbonyl (C=O) groups excluding carboxylic acids is 1. The first-order valence-electron chi connectivity index (χ1n) is 9.85. The number of nitrogens with zero attached hydrogens (tertiary/aromatic N) is 1. The van der Waals surface area contributed by atoms with Crippen LogP contribution in [0.3, 0.4) is 0 Å². The normalized spacial score (nSPS) is 11.5. The average molecular weight is 459 g/mol. The zero-order chi connectivity index (χ0) is 22.8. The van der Waals surface area contributed by atoms with Crippen LogP contribution in [0.15, 0.2) is 41.3 Å². The standard InChI is InChI=1S/C23H26N2O4S2/c1-14-6-8-18(9-7-14)22-25-21(17(4)30-22)10-11-24-31(27,28)19-12-15(2)16(3)20(13-19)23(26)29-5/h6-9,12-13,24H,10-11H2,1-5H3. The minimum Gasteiger partial charge on any atom is -0.465 e. The maximum atomic E-state index is 12.8. The summed E-state index contributed by atoms with van der Waals surface area (Å²) in [7, 11) is -2.50. The summed E-state index contributed by atoms with van der Waals surface area (Å²) in [5.41, 5.74) is 4.78. The fourth-order valence-electron chi connectivity index (χ4n) is 3.17. The molecule has 31 heavy (non-hydrogen) atoms. The molecule has 0 spiro atoms. The SMILES string of the molecule is COC(=O)c1cc(S(=O)(=O)NCCc2nc(-c3ccc(C)cc3)sc2C)cc(C)c1C. The van der Waals surface area contributed by atoms with Crippen molar-refractivity contribution in [2.45, 2.75) is 39.0 Å². The molecule has 0 fully saturated rings. The zero-order valence-electron chi connectivity index (χ0n) is 18.3. The third kappa shape index (κ3) is 5.20. The predicted octanol–water partition coefficient (Wildman–Crippen LogP) is 4.35. The molecule has 164 valence electrons. The maximum absolute atomic E-state index is 12.8. The molecule has 1 aromatic heterocycles. The Morgan fingerprint density at radius 2 is 1.77 bits per heavy atom. The molecule has 3 rings (SSSR count). The van der Waals surface area contributed by atoms with Crippen LogP contribution in [0.25, 0.3) is 10.6 Å². The van der Waals surface area contributed by atoms with Crippen molar-refractivity contribution in [3.05, 3.63) is 69.2 Å². The van der Waals surface area contributed by atoms with E-state index in [-0.39, 0.29) is 17.0 Å². The summed E-state index contributed by atoms with van der Waals surface area (Å²) in [6.07, 6.45) is 0.474. The zero-order valence-corrected chi connectivity index (χ0v) is 19.9. The maximum Gasteiger partial charge on any atom is 0.338 e. The van der Waals surface area contributed by atoms with Crippen molar-refractivity contribution in [3.8, 4) is 10.6 Å². The highest BCUT2D eigenvalue weighted by molar-refractivity contribution is 7.89. The van der Waals surface area contributed by atoms with Gasteiger partial charge in [-0.2, -0.15) is 0 Å². The van der Waals surface area contributed by atoms with Gasteiger partial charge in [0, 0.05) is 23.4 Å². The van der Waals surface area contributed by atoms with Crippen LogP contribution in [0.1, 0.15) is 37.6 Å². The highest BCUT2D eigenvalue weighted by Gasteiger charge is 2.20. The molecule has 1 heterocycles. The summed E-state index contributed by atoms with van der Waals surface area (Å²) < 4.78 is 33.0. The summed E-state index contributed by atoms with van der Waals surface area (Å²) >= 11 is 1.60. The van der Waals surface area contributed by atoms with Crippen LogP contribution in [0.4, 0.5) is 0 Å². The van der Waals surface area contributed by atoms with Crippen LogP contribution in [0.2, 0.25) is 0 Å². The second-order valence-electron chi connectivity index (χ2n) is 7.44. The van der Waals surface area contributed by atoms with E-state index >= 15 is 0 Å². The van der Waals surface area contributed by atoms with Crippen LogP contribution < -0.4 is 4.72 Å². The number of aromatic nitrogens is 1. The second kappa shape index (κ2) is 9.30. The third-order valence-electron chi connectivity index (χ3n) is 5.20. The summed E-state index contributed by atoms with van der Waals surface area (Å²) in [4.78, 5) is 17.8. The van der Waals surface area contributed by atoms with Crippen LogP contribution in [-0.2, 0) is 21.2 Å². The second-order valence-corrected chi connectivity index (χ2v) is 10.4. The molecule has 3 aromatic rings. The minimum absolute atomic E-state index is 0.0475. The van der Waals surface area contributed by atoms with Gasteiger partial charge in [0.05, 0.1) is 23.3 Å². The Labute approximate surface area is 187 Å². The van der Waals surface area contributed by atoms with E-state index in [1.807, 2.05) is 38.1 Å². The number of hydrogen-bond donors (Lipinski definition) is 1. The number of sulfonamides is 1. The Hall–Kier alpha value is -2.55. The molecule has 0 aliphatic carbocycles. The first kappa shape index (κ1) is 23.1. The summed E-state index contributed by atoms with van der Waals surface area (Å²) in [6, 6.07) is 11.1. The molecular formula is C23H26N2O4S2. The molecule has 0 saturated carbocycles. The molecule has 0 amide bonds. The minimum atomic E-state index is -3.78. The number of methoxy groups -OCH3 is 1. The van der Waals surface area contributed by atoms with E-state index in [2.05, 4.69) is 4.72 Å². The molecule has 0 unspecified atom stereocenters. The molecule has 2 aromatic carbocycles. The van der Waals surface area contributed by atoms with Gasteiger partial charge in [0.2, 0.25) is 10.0 Å². The summed E-state index contributed by atoms with van der Waals surface area (Å²) in [6.45, 7) is 7.78. The van der Waals surface area contributed by atoms with Gasteiger partial charge in [-0.1, -0.05) is 29.8 Å². The Bertz CT molecular complexity index is 1210. The first-order valence-corrected chi connectivity index (χ1v) is 12.1. The van der Waals surface area contributed by atoms with Crippen LogP contribution in [0.5, 0.6) is 0 Å². The van der Waals surface area contributed by atoms with Crippen molar-refractivity contribution in [1.82, 2.24) is 9.71 Å². The highest BCUT2D eigenvalue weighted by atomic mass is 32.2. The van der Waals surface area contributed by atoms with Crippen molar-refractivity contribution in [2.75, 3.05) is 13.7 Å². The molecule has 0 radical (unpaired) electrons. The molecule has 0 bridgehead atoms. The smallest absolute Gasteiger partial charge is 0.338 e. The molecule has 1 N–H and O–H groups in total. The van der Waals surface area contributed by atoms with E-state index in [4.69, 9.17) is 9.72 Å². The number of hydrogen-bond acceptors (Lipinski definition) is 6. The van der Waals surface area contributed by atoms with Crippen LogP contribution in [0, 0.1) is 27.7 Å². The average Bonchev–Trinajstić information content (AvgIpc) is 3.10. The van der Waals surface area contributed by atoms with Crippen molar-refractivity contribution in [3.63, 3.8) is 0 Å². The van der Waals surface area contributed by atoms with Gasteiger partial charge >= 0.3 is 5.97 Å². The highest BCUT2D eigenvalue weighted by Crippen LogP contribution is 2.28. The van der Waals surface area contributed by atoms with E-state index < -0.39 is 16.0 Å². The Balaban J connectivity index is 1.74. The number of benzene rings is 2. The molecule has 0 atom stereocenters. The number of nitrogens with one attached hydrogen (secondary N) is 1. The molecule has 0 saturated heterocycles. The van der Waals surface area contributed by atoms with Crippen molar-refractivity contribution in [1.29, 1.82) is 0 Å². The number of carbonyl (C=O) groups is 1. The summed E-state index contributed by atoms with van der Waals surface area (Å²) in [5.74, 6) is -0.556. The lowest BCUT2D eigenvalue weighted by Gasteiger charge is -2.12. The van der Waals surface area contributed by atoms with Crippen molar-refractivity contribution in [2.24, 2.45) is 0 Å². The summed E-state index contributed by atoms with van der Waals surface area (Å²) in [5, 5.41) is 0.923. The van der Waals surface area contributed by atoms with Crippen molar-refractivity contribution >= 4 is 27.3 Å². The van der Waals surface area contributed by atoms with Crippen LogP contribution >= 0.6 is 11.3 Å². The van der Waals surface area contributed by atoms with Gasteiger partial charge in [0.15, 0.2) is 0 Å². The molecule has 8 heteroatoms. The van der Waals surface area contributed by atoms with E-state index in [9.17, 15) is 13.2 Å². The molecule has 6 nitrogen and oxygen atoms in total. The number of rotatable bonds is 7. The Morgan fingerprint density at radius 3 is 2.42 bits per heavy atom. The van der Waals surface area contributed by atoms with Gasteiger partial charge in [-0.05, 0) is 51.0 Å². The molecule has 0 aliphatic rings. The molecular weight excluding hydrogens is 432 g/mol. The Morgan fingerprint density at radius 1 is 1.10 bits per heavy atom. The van der Waals surface area contributed by atoms with Gasteiger partial charge in [0.25, 0.3) is 0 Å². The van der Waals surface area contributed by atoms with Gasteiger partial charge in [-0.15, -0.1) is 11.3 Å². The fraction of sp³-hybridized carbons (Fsp3) is 0.304. The van der Waals surface area contributed by atoms with Gasteiger partial charge in [0.1, 0.15) is 5.01 Å². The molecule has 0 aliphatic heterocycles. The lowest BCUT2D eigenvalue weighted by Crippen LogP contribution is -2.26. The number of ether oxygens (including phenoxy) is 1. The lowest BCUT2D eigenvalue weighted by molar-refractivity contribution is 0.0599. The third-order valence-corrected chi connectivity index (χ3v) is 7.70. The number of esters is 1. The first-order chi connectivity index (χ1) is 14.6. The van der Waals surface area contributed by atoms with Gasteiger partial charge in [-0.3, -0.25) is 0 Å². The van der Waals surface area contributed by atoms with Crippen molar-refractivity contribution < 1.29 is 17.9 Å².